The van der Waals surface area contributed by atoms with Gasteiger partial charge in [0.25, 0.3) is 0 Å². The number of carbonyl (C=O) groups excluding carboxylic acids is 2. The van der Waals surface area contributed by atoms with Gasteiger partial charge < -0.3 is 10.6 Å². The molecule has 2 aromatic rings. The van der Waals surface area contributed by atoms with E-state index in [1.165, 1.54) is 11.1 Å². The van der Waals surface area contributed by atoms with Gasteiger partial charge in [0.2, 0.25) is 11.8 Å². The number of hydrogen-bond acceptors (Lipinski definition) is 3. The minimum atomic E-state index is 0.0627. The fourth-order valence-electron chi connectivity index (χ4n) is 2.57. The molecule has 0 atom stereocenters. The van der Waals surface area contributed by atoms with E-state index in [1.807, 2.05) is 29.6 Å². The number of rotatable bonds is 5. The minimum absolute atomic E-state index is 0.0627. The van der Waals surface area contributed by atoms with Crippen molar-refractivity contribution in [3.8, 4) is 0 Å². The first-order chi connectivity index (χ1) is 10.7. The van der Waals surface area contributed by atoms with Gasteiger partial charge in [0.1, 0.15) is 0 Å². The number of anilines is 1. The second-order valence-corrected chi connectivity index (χ2v) is 6.43. The molecule has 2 heterocycles. The van der Waals surface area contributed by atoms with Gasteiger partial charge in [-0.2, -0.15) is 0 Å². The summed E-state index contributed by atoms with van der Waals surface area (Å²) in [5.74, 6) is 0.147. The molecule has 1 aliphatic heterocycles. The Labute approximate surface area is 133 Å². The van der Waals surface area contributed by atoms with Gasteiger partial charge in [0.05, 0.1) is 6.42 Å². The van der Waals surface area contributed by atoms with Gasteiger partial charge >= 0.3 is 0 Å². The SMILES string of the molecule is O=C(Cc1cccs1)NCCc1ccc2c(c1)CCC(=O)N2. The van der Waals surface area contributed by atoms with Crippen molar-refractivity contribution in [2.24, 2.45) is 0 Å². The summed E-state index contributed by atoms with van der Waals surface area (Å²) in [7, 11) is 0. The van der Waals surface area contributed by atoms with Gasteiger partial charge in [-0.1, -0.05) is 18.2 Å². The molecule has 22 heavy (non-hydrogen) atoms. The Balaban J connectivity index is 1.49. The van der Waals surface area contributed by atoms with Crippen molar-refractivity contribution < 1.29 is 9.59 Å². The molecule has 1 aromatic heterocycles. The van der Waals surface area contributed by atoms with Crippen LogP contribution in [0.15, 0.2) is 35.7 Å². The van der Waals surface area contributed by atoms with Crippen molar-refractivity contribution in [3.05, 3.63) is 51.7 Å². The van der Waals surface area contributed by atoms with Gasteiger partial charge in [0.15, 0.2) is 0 Å². The normalized spacial score (nSPS) is 13.4. The van der Waals surface area contributed by atoms with Crippen LogP contribution in [0.1, 0.15) is 22.4 Å². The van der Waals surface area contributed by atoms with Crippen molar-refractivity contribution in [1.82, 2.24) is 5.32 Å². The zero-order valence-electron chi connectivity index (χ0n) is 12.2. The molecule has 0 saturated carbocycles. The summed E-state index contributed by atoms with van der Waals surface area (Å²) in [4.78, 5) is 24.2. The van der Waals surface area contributed by atoms with Crippen molar-refractivity contribution in [3.63, 3.8) is 0 Å². The largest absolute Gasteiger partial charge is 0.355 e. The lowest BCUT2D eigenvalue weighted by Gasteiger charge is -2.17. The number of benzene rings is 1. The molecule has 2 amide bonds. The molecule has 114 valence electrons. The predicted octanol–water partition coefficient (Wildman–Crippen LogP) is 2.53. The third kappa shape index (κ3) is 3.74. The molecule has 0 fully saturated rings. The summed E-state index contributed by atoms with van der Waals surface area (Å²) in [6.45, 7) is 0.634. The van der Waals surface area contributed by atoms with Gasteiger partial charge in [0, 0.05) is 23.5 Å². The van der Waals surface area contributed by atoms with Crippen LogP contribution in [0.25, 0.3) is 0 Å². The maximum atomic E-state index is 11.8. The summed E-state index contributed by atoms with van der Waals surface area (Å²) < 4.78 is 0. The second-order valence-electron chi connectivity index (χ2n) is 5.40. The quantitative estimate of drug-likeness (QED) is 0.891. The lowest BCUT2D eigenvalue weighted by Crippen LogP contribution is -2.27. The number of fused-ring (bicyclic) bond motifs is 1. The van der Waals surface area contributed by atoms with Crippen molar-refractivity contribution in [1.29, 1.82) is 0 Å². The van der Waals surface area contributed by atoms with E-state index in [1.54, 1.807) is 11.3 Å². The van der Waals surface area contributed by atoms with E-state index in [2.05, 4.69) is 16.7 Å². The number of aryl methyl sites for hydroxylation is 1. The fraction of sp³-hybridized carbons (Fsp3) is 0.294. The first-order valence-corrected chi connectivity index (χ1v) is 8.29. The number of carbonyl (C=O) groups is 2. The van der Waals surface area contributed by atoms with E-state index >= 15 is 0 Å². The molecule has 0 radical (unpaired) electrons. The fourth-order valence-corrected chi connectivity index (χ4v) is 3.28. The first kappa shape index (κ1) is 14.8. The zero-order chi connectivity index (χ0) is 15.4. The number of hydrogen-bond donors (Lipinski definition) is 2. The highest BCUT2D eigenvalue weighted by atomic mass is 32.1. The molecule has 3 rings (SSSR count). The van der Waals surface area contributed by atoms with Crippen LogP contribution in [0.3, 0.4) is 0 Å². The van der Waals surface area contributed by atoms with Crippen LogP contribution in [0, 0.1) is 0 Å². The average Bonchev–Trinajstić information content (AvgIpc) is 3.00. The van der Waals surface area contributed by atoms with Crippen LogP contribution < -0.4 is 10.6 Å². The Morgan fingerprint density at radius 1 is 1.27 bits per heavy atom. The third-order valence-corrected chi connectivity index (χ3v) is 4.59. The summed E-state index contributed by atoms with van der Waals surface area (Å²) >= 11 is 1.60. The zero-order valence-corrected chi connectivity index (χ0v) is 13.0. The second kappa shape index (κ2) is 6.75. The minimum Gasteiger partial charge on any atom is -0.355 e. The van der Waals surface area contributed by atoms with Gasteiger partial charge in [-0.25, -0.2) is 0 Å². The molecular weight excluding hydrogens is 296 g/mol. The Morgan fingerprint density at radius 2 is 2.18 bits per heavy atom. The van der Waals surface area contributed by atoms with Crippen LogP contribution >= 0.6 is 11.3 Å². The molecule has 0 unspecified atom stereocenters. The van der Waals surface area contributed by atoms with Crippen LogP contribution in [-0.2, 0) is 28.9 Å². The van der Waals surface area contributed by atoms with Crippen molar-refractivity contribution in [2.45, 2.75) is 25.7 Å². The summed E-state index contributed by atoms with van der Waals surface area (Å²) in [5, 5.41) is 7.81. The number of amides is 2. The maximum Gasteiger partial charge on any atom is 0.225 e. The number of thiophene rings is 1. The van der Waals surface area contributed by atoms with E-state index in [0.717, 1.165) is 23.4 Å². The highest BCUT2D eigenvalue weighted by molar-refractivity contribution is 7.10. The molecule has 0 saturated heterocycles. The van der Waals surface area contributed by atoms with E-state index in [9.17, 15) is 9.59 Å². The Morgan fingerprint density at radius 3 is 3.00 bits per heavy atom. The molecular formula is C17H18N2O2S. The van der Waals surface area contributed by atoms with E-state index in [-0.39, 0.29) is 11.8 Å². The van der Waals surface area contributed by atoms with Gasteiger partial charge in [-0.3, -0.25) is 9.59 Å². The highest BCUT2D eigenvalue weighted by Crippen LogP contribution is 2.23. The first-order valence-electron chi connectivity index (χ1n) is 7.41. The summed E-state index contributed by atoms with van der Waals surface area (Å²) in [6, 6.07) is 10.0. The monoisotopic (exact) mass is 314 g/mol. The topological polar surface area (TPSA) is 58.2 Å². The van der Waals surface area contributed by atoms with E-state index < -0.39 is 0 Å². The molecule has 0 spiro atoms. The van der Waals surface area contributed by atoms with Crippen molar-refractivity contribution >= 4 is 28.8 Å². The molecule has 1 aliphatic rings. The third-order valence-electron chi connectivity index (χ3n) is 3.72. The summed E-state index contributed by atoms with van der Waals surface area (Å²) in [6.07, 6.45) is 2.60. The smallest absolute Gasteiger partial charge is 0.225 e. The molecule has 5 heteroatoms. The molecule has 0 bridgehead atoms. The standard InChI is InChI=1S/C17H18N2O2S/c20-16-6-4-13-10-12(3-5-15(13)19-16)7-8-18-17(21)11-14-2-1-9-22-14/h1-3,5,9-10H,4,6-8,11H2,(H,18,21)(H,19,20). The lowest BCUT2D eigenvalue weighted by molar-refractivity contribution is -0.120. The molecule has 0 aliphatic carbocycles. The van der Waals surface area contributed by atoms with Crippen LogP contribution in [-0.4, -0.2) is 18.4 Å². The van der Waals surface area contributed by atoms with E-state index in [0.29, 0.717) is 19.4 Å². The van der Waals surface area contributed by atoms with Crippen molar-refractivity contribution in [2.75, 3.05) is 11.9 Å². The van der Waals surface area contributed by atoms with Crippen LogP contribution in [0.5, 0.6) is 0 Å². The average molecular weight is 314 g/mol. The van der Waals surface area contributed by atoms with Crippen LogP contribution in [0.2, 0.25) is 0 Å². The number of nitrogens with one attached hydrogen (secondary N) is 2. The lowest BCUT2D eigenvalue weighted by atomic mass is 9.99. The Bertz CT molecular complexity index is 680. The summed E-state index contributed by atoms with van der Waals surface area (Å²) in [5.41, 5.74) is 3.29. The van der Waals surface area contributed by atoms with Gasteiger partial charge in [-0.05, 0) is 41.5 Å². The maximum absolute atomic E-state index is 11.8. The van der Waals surface area contributed by atoms with Crippen LogP contribution in [0.4, 0.5) is 5.69 Å². The van der Waals surface area contributed by atoms with E-state index in [4.69, 9.17) is 0 Å². The predicted molar refractivity (Wildman–Crippen MR) is 88.1 cm³/mol. The molecule has 2 N–H and O–H groups in total. The molecule has 1 aromatic carbocycles. The Kier molecular flexibility index (Phi) is 4.53. The molecule has 4 nitrogen and oxygen atoms in total. The van der Waals surface area contributed by atoms with Gasteiger partial charge in [-0.15, -0.1) is 11.3 Å². The Hall–Kier alpha value is -2.14. The highest BCUT2D eigenvalue weighted by Gasteiger charge is 2.14.